The van der Waals surface area contributed by atoms with Crippen LogP contribution in [0.4, 0.5) is 5.88 Å². The van der Waals surface area contributed by atoms with Gasteiger partial charge in [-0.2, -0.15) is 0 Å². The summed E-state index contributed by atoms with van der Waals surface area (Å²) in [6, 6.07) is 1.48. The van der Waals surface area contributed by atoms with Gasteiger partial charge in [0, 0.05) is 24.5 Å². The molecule has 0 atom stereocenters. The van der Waals surface area contributed by atoms with Crippen molar-refractivity contribution in [2.24, 2.45) is 0 Å². The zero-order chi connectivity index (χ0) is 12.4. The van der Waals surface area contributed by atoms with Gasteiger partial charge >= 0.3 is 0 Å². The highest BCUT2D eigenvalue weighted by Gasteiger charge is 2.13. The third-order valence-corrected chi connectivity index (χ3v) is 4.32. The molecule has 2 aromatic rings. The molecule has 0 fully saturated rings. The second-order valence-corrected chi connectivity index (χ2v) is 5.23. The van der Waals surface area contributed by atoms with E-state index < -0.39 is 0 Å². The summed E-state index contributed by atoms with van der Waals surface area (Å²) in [5, 5.41) is 10.8. The zero-order valence-electron chi connectivity index (χ0n) is 9.27. The van der Waals surface area contributed by atoms with Crippen molar-refractivity contribution in [1.82, 2.24) is 0 Å². The molecule has 0 aliphatic carbocycles. The number of fused-ring (bicyclic) bond motifs is 1. The van der Waals surface area contributed by atoms with Crippen LogP contribution in [0.2, 0.25) is 0 Å². The summed E-state index contributed by atoms with van der Waals surface area (Å²) in [6.07, 6.45) is 0. The molecular weight excluding hydrogens is 306 g/mol. The Balaban J connectivity index is 2.55. The molecular formula is C11H12BrNO3S. The summed E-state index contributed by atoms with van der Waals surface area (Å²) < 4.78 is 7.10. The minimum atomic E-state index is -0.0478. The van der Waals surface area contributed by atoms with Crippen LogP contribution in [0.25, 0.3) is 10.3 Å². The normalized spacial score (nSPS) is 11.0. The summed E-state index contributed by atoms with van der Waals surface area (Å²) >= 11 is 4.72. The van der Waals surface area contributed by atoms with E-state index in [9.17, 15) is 4.79 Å². The van der Waals surface area contributed by atoms with Crippen LogP contribution in [-0.2, 0) is 0 Å². The smallest absolute Gasteiger partial charge is 0.204 e. The van der Waals surface area contributed by atoms with E-state index in [4.69, 9.17) is 9.52 Å². The van der Waals surface area contributed by atoms with E-state index in [1.54, 1.807) is 0 Å². The Hall–Kier alpha value is -0.850. The first-order chi connectivity index (χ1) is 8.17. The zero-order valence-corrected chi connectivity index (χ0v) is 11.7. The Morgan fingerprint density at radius 2 is 2.35 bits per heavy atom. The Labute approximate surface area is 111 Å². The summed E-state index contributed by atoms with van der Waals surface area (Å²) in [5.41, 5.74) is 0.530. The van der Waals surface area contributed by atoms with Gasteiger partial charge in [-0.25, -0.2) is 0 Å². The van der Waals surface area contributed by atoms with Crippen LogP contribution in [0.5, 0.6) is 0 Å². The van der Waals surface area contributed by atoms with Gasteiger partial charge in [0.2, 0.25) is 5.43 Å². The van der Waals surface area contributed by atoms with Crippen molar-refractivity contribution >= 4 is 43.4 Å². The minimum Gasteiger partial charge on any atom is -0.438 e. The van der Waals surface area contributed by atoms with Crippen molar-refractivity contribution in [2.75, 3.05) is 24.6 Å². The number of nitrogens with zero attached hydrogens (tertiary/aromatic N) is 1. The van der Waals surface area contributed by atoms with Crippen molar-refractivity contribution in [3.63, 3.8) is 0 Å². The fourth-order valence-electron chi connectivity index (χ4n) is 1.60. The third-order valence-electron chi connectivity index (χ3n) is 2.45. The SMILES string of the molecule is CCN(CCO)c1cc(=O)c2scc(Br)c2o1. The molecule has 4 nitrogen and oxygen atoms in total. The van der Waals surface area contributed by atoms with Crippen LogP contribution < -0.4 is 10.3 Å². The number of hydrogen-bond donors (Lipinski definition) is 1. The van der Waals surface area contributed by atoms with Crippen molar-refractivity contribution < 1.29 is 9.52 Å². The molecule has 2 heterocycles. The molecule has 0 bridgehead atoms. The number of anilines is 1. The molecule has 0 unspecified atom stereocenters. The van der Waals surface area contributed by atoms with E-state index in [0.29, 0.717) is 29.3 Å². The van der Waals surface area contributed by atoms with Gasteiger partial charge in [-0.1, -0.05) is 0 Å². The maximum atomic E-state index is 11.9. The molecule has 2 aromatic heterocycles. The molecule has 0 saturated carbocycles. The van der Waals surface area contributed by atoms with Gasteiger partial charge in [0.1, 0.15) is 4.70 Å². The highest BCUT2D eigenvalue weighted by atomic mass is 79.9. The lowest BCUT2D eigenvalue weighted by Gasteiger charge is -2.19. The number of likely N-dealkylation sites (N-methyl/N-ethyl adjacent to an activating group) is 1. The number of hydrogen-bond acceptors (Lipinski definition) is 5. The number of halogens is 1. The topological polar surface area (TPSA) is 53.7 Å². The number of thiophene rings is 1. The van der Waals surface area contributed by atoms with Gasteiger partial charge in [0.05, 0.1) is 11.1 Å². The molecule has 0 radical (unpaired) electrons. The van der Waals surface area contributed by atoms with Gasteiger partial charge in [0.15, 0.2) is 11.5 Å². The van der Waals surface area contributed by atoms with Gasteiger partial charge in [-0.3, -0.25) is 4.79 Å². The van der Waals surface area contributed by atoms with Crippen LogP contribution >= 0.6 is 27.3 Å². The second kappa shape index (κ2) is 5.20. The Morgan fingerprint density at radius 3 is 3.00 bits per heavy atom. The van der Waals surface area contributed by atoms with Crippen LogP contribution in [0, 0.1) is 0 Å². The Bertz CT molecular complexity index is 578. The standard InChI is InChI=1S/C11H12BrNO3S/c1-2-13(3-4-14)9-5-8(15)11-10(16-9)7(12)6-17-11/h5-6,14H,2-4H2,1H3. The summed E-state index contributed by atoms with van der Waals surface area (Å²) in [6.45, 7) is 3.10. The molecule has 0 aliphatic heterocycles. The molecule has 6 heteroatoms. The lowest BCUT2D eigenvalue weighted by molar-refractivity contribution is 0.300. The first kappa shape index (κ1) is 12.6. The molecule has 17 heavy (non-hydrogen) atoms. The third kappa shape index (κ3) is 2.38. The summed E-state index contributed by atoms with van der Waals surface area (Å²) in [5.74, 6) is 0.498. The Morgan fingerprint density at radius 1 is 1.59 bits per heavy atom. The van der Waals surface area contributed by atoms with Crippen molar-refractivity contribution in [3.8, 4) is 0 Å². The fraction of sp³-hybridized carbons (Fsp3) is 0.364. The van der Waals surface area contributed by atoms with Gasteiger partial charge in [-0.15, -0.1) is 11.3 Å². The molecule has 0 aromatic carbocycles. The first-order valence-corrected chi connectivity index (χ1v) is 6.91. The van der Waals surface area contributed by atoms with E-state index in [-0.39, 0.29) is 12.0 Å². The van der Waals surface area contributed by atoms with Crippen LogP contribution in [-0.4, -0.2) is 24.8 Å². The van der Waals surface area contributed by atoms with E-state index in [1.807, 2.05) is 17.2 Å². The van der Waals surface area contributed by atoms with Crippen LogP contribution in [0.1, 0.15) is 6.92 Å². The number of aliphatic hydroxyl groups is 1. The van der Waals surface area contributed by atoms with E-state index in [1.165, 1.54) is 17.4 Å². The lowest BCUT2D eigenvalue weighted by atomic mass is 10.4. The maximum Gasteiger partial charge on any atom is 0.204 e. The summed E-state index contributed by atoms with van der Waals surface area (Å²) in [7, 11) is 0. The van der Waals surface area contributed by atoms with E-state index in [0.717, 1.165) is 4.47 Å². The molecule has 92 valence electrons. The molecule has 0 amide bonds. The monoisotopic (exact) mass is 317 g/mol. The van der Waals surface area contributed by atoms with E-state index in [2.05, 4.69) is 15.9 Å². The van der Waals surface area contributed by atoms with Crippen molar-refractivity contribution in [1.29, 1.82) is 0 Å². The highest BCUT2D eigenvalue weighted by molar-refractivity contribution is 9.10. The Kier molecular flexibility index (Phi) is 3.86. The maximum absolute atomic E-state index is 11.9. The van der Waals surface area contributed by atoms with Crippen molar-refractivity contribution in [3.05, 3.63) is 26.1 Å². The molecule has 0 aliphatic rings. The molecule has 0 saturated heterocycles. The quantitative estimate of drug-likeness (QED) is 0.941. The second-order valence-electron chi connectivity index (χ2n) is 3.49. The largest absolute Gasteiger partial charge is 0.438 e. The molecule has 2 rings (SSSR count). The highest BCUT2D eigenvalue weighted by Crippen LogP contribution is 2.30. The number of rotatable bonds is 4. The number of aliphatic hydroxyl groups excluding tert-OH is 1. The predicted octanol–water partition coefficient (Wildman–Crippen LogP) is 2.44. The van der Waals surface area contributed by atoms with Gasteiger partial charge < -0.3 is 14.4 Å². The minimum absolute atomic E-state index is 0.0282. The van der Waals surface area contributed by atoms with E-state index >= 15 is 0 Å². The van der Waals surface area contributed by atoms with Crippen molar-refractivity contribution in [2.45, 2.75) is 6.92 Å². The van der Waals surface area contributed by atoms with Gasteiger partial charge in [0.25, 0.3) is 0 Å². The summed E-state index contributed by atoms with van der Waals surface area (Å²) in [4.78, 5) is 13.7. The van der Waals surface area contributed by atoms with Crippen LogP contribution in [0.3, 0.4) is 0 Å². The van der Waals surface area contributed by atoms with Gasteiger partial charge in [-0.05, 0) is 22.9 Å². The fourth-order valence-corrected chi connectivity index (χ4v) is 3.06. The lowest BCUT2D eigenvalue weighted by Crippen LogP contribution is -2.26. The molecule has 1 N–H and O–H groups in total. The predicted molar refractivity (Wildman–Crippen MR) is 73.0 cm³/mol. The average Bonchev–Trinajstić information content (AvgIpc) is 2.69. The first-order valence-electron chi connectivity index (χ1n) is 5.24. The van der Waals surface area contributed by atoms with Crippen LogP contribution in [0.15, 0.2) is 25.1 Å². The average molecular weight is 318 g/mol. The molecule has 0 spiro atoms.